The largest absolute Gasteiger partial charge is 0.534 e. The van der Waals surface area contributed by atoms with Crippen LogP contribution in [0.2, 0.25) is 0 Å². The van der Waals surface area contributed by atoms with E-state index in [2.05, 4.69) is 9.50 Å². The van der Waals surface area contributed by atoms with E-state index in [4.69, 9.17) is 0 Å². The zero-order valence-electron chi connectivity index (χ0n) is 13.6. The number of nitrogens with one attached hydrogen (secondary N) is 1. The summed E-state index contributed by atoms with van der Waals surface area (Å²) in [4.78, 5) is 0. The highest BCUT2D eigenvalue weighted by molar-refractivity contribution is 7.88. The molecule has 4 nitrogen and oxygen atoms in total. The highest BCUT2D eigenvalue weighted by Crippen LogP contribution is 2.54. The van der Waals surface area contributed by atoms with E-state index < -0.39 is 15.6 Å². The van der Waals surface area contributed by atoms with Gasteiger partial charge in [0, 0.05) is 11.5 Å². The Bertz CT molecular complexity index is 789. The standard InChI is InChI=1S/C17H20F3NO3S/c18-17(19,20)25(22,23)24-12-5-4-11-9-15-13-3-1-2-6-16(13,7-8-21-15)14(11)10-12/h4-5,10,13,15,21H,1-3,6-9H2/t13-,15+,16+/m1/s1. The van der Waals surface area contributed by atoms with Crippen molar-refractivity contribution in [2.24, 2.45) is 5.92 Å². The number of halogens is 3. The molecule has 2 fully saturated rings. The fourth-order valence-corrected chi connectivity index (χ4v) is 5.58. The summed E-state index contributed by atoms with van der Waals surface area (Å²) in [5.74, 6) is 0.212. The van der Waals surface area contributed by atoms with Crippen LogP contribution in [0.15, 0.2) is 18.2 Å². The maximum absolute atomic E-state index is 12.6. The van der Waals surface area contributed by atoms with E-state index in [1.807, 2.05) is 0 Å². The summed E-state index contributed by atoms with van der Waals surface area (Å²) in [6, 6.07) is 4.99. The normalized spacial score (nSPS) is 31.8. The molecule has 1 aromatic rings. The monoisotopic (exact) mass is 375 g/mol. The van der Waals surface area contributed by atoms with E-state index in [1.165, 1.54) is 12.5 Å². The molecule has 1 aliphatic heterocycles. The molecule has 1 heterocycles. The van der Waals surface area contributed by atoms with E-state index in [1.54, 1.807) is 12.1 Å². The molecular weight excluding hydrogens is 355 g/mol. The number of hydrogen-bond donors (Lipinski definition) is 1. The van der Waals surface area contributed by atoms with Crippen molar-refractivity contribution in [1.82, 2.24) is 5.32 Å². The molecule has 8 heteroatoms. The first kappa shape index (κ1) is 17.1. The minimum atomic E-state index is -5.64. The smallest absolute Gasteiger partial charge is 0.376 e. The fourth-order valence-electron chi connectivity index (χ4n) is 5.13. The van der Waals surface area contributed by atoms with Gasteiger partial charge in [-0.3, -0.25) is 0 Å². The number of fused-ring (bicyclic) bond motifs is 1. The SMILES string of the molecule is O=S(=O)(Oc1ccc2c(c1)[C@]13CCCC[C@@H]1[C@H](C2)NCC3)C(F)(F)F. The lowest BCUT2D eigenvalue weighted by Crippen LogP contribution is -2.59. The van der Waals surface area contributed by atoms with Gasteiger partial charge in [0.25, 0.3) is 0 Å². The Morgan fingerprint density at radius 2 is 2.00 bits per heavy atom. The van der Waals surface area contributed by atoms with Crippen LogP contribution in [0.25, 0.3) is 0 Å². The van der Waals surface area contributed by atoms with E-state index in [-0.39, 0.29) is 11.2 Å². The van der Waals surface area contributed by atoms with Gasteiger partial charge in [0.2, 0.25) is 0 Å². The van der Waals surface area contributed by atoms with E-state index in [9.17, 15) is 21.6 Å². The quantitative estimate of drug-likeness (QED) is 0.637. The Morgan fingerprint density at radius 1 is 1.20 bits per heavy atom. The Hall–Kier alpha value is -1.28. The Morgan fingerprint density at radius 3 is 2.76 bits per heavy atom. The molecule has 0 amide bonds. The molecule has 4 rings (SSSR count). The van der Waals surface area contributed by atoms with Crippen LogP contribution >= 0.6 is 0 Å². The summed E-state index contributed by atoms with van der Waals surface area (Å²) in [6.45, 7) is 0.881. The Labute approximate surface area is 144 Å². The van der Waals surface area contributed by atoms with Crippen LogP contribution in [0.5, 0.6) is 5.75 Å². The molecule has 138 valence electrons. The predicted octanol–water partition coefficient (Wildman–Crippen LogP) is 3.26. The van der Waals surface area contributed by atoms with Gasteiger partial charge in [-0.15, -0.1) is 0 Å². The molecule has 1 N–H and O–H groups in total. The predicted molar refractivity (Wildman–Crippen MR) is 85.8 cm³/mol. The number of benzene rings is 1. The van der Waals surface area contributed by atoms with Crippen molar-refractivity contribution in [3.63, 3.8) is 0 Å². The zero-order chi connectivity index (χ0) is 17.9. The minimum absolute atomic E-state index is 0.0664. The average molecular weight is 375 g/mol. The summed E-state index contributed by atoms with van der Waals surface area (Å²) >= 11 is 0. The molecule has 0 radical (unpaired) electrons. The molecule has 1 saturated carbocycles. The van der Waals surface area contributed by atoms with E-state index in [0.717, 1.165) is 49.8 Å². The third kappa shape index (κ3) is 2.65. The molecule has 2 aliphatic carbocycles. The van der Waals surface area contributed by atoms with Crippen LogP contribution in [-0.4, -0.2) is 26.5 Å². The first-order valence-corrected chi connectivity index (χ1v) is 10.0. The van der Waals surface area contributed by atoms with Gasteiger partial charge in [-0.1, -0.05) is 18.9 Å². The first-order chi connectivity index (χ1) is 11.7. The second kappa shape index (κ2) is 5.61. The van der Waals surface area contributed by atoms with Crippen LogP contribution in [-0.2, 0) is 22.0 Å². The molecular formula is C17H20F3NO3S. The van der Waals surface area contributed by atoms with E-state index in [0.29, 0.717) is 12.0 Å². The lowest BCUT2D eigenvalue weighted by molar-refractivity contribution is -0.0500. The van der Waals surface area contributed by atoms with Gasteiger partial charge < -0.3 is 9.50 Å². The number of alkyl halides is 3. The summed E-state index contributed by atoms with van der Waals surface area (Å²) in [6.07, 6.45) is 6.11. The Kier molecular flexibility index (Phi) is 3.85. The van der Waals surface area contributed by atoms with Crippen LogP contribution in [0, 0.1) is 5.92 Å². The van der Waals surface area contributed by atoms with Crippen LogP contribution in [0.4, 0.5) is 13.2 Å². The lowest BCUT2D eigenvalue weighted by atomic mass is 9.53. The molecule has 3 atom stereocenters. The van der Waals surface area contributed by atoms with Crippen LogP contribution in [0.1, 0.15) is 43.2 Å². The molecule has 0 aromatic heterocycles. The second-order valence-electron chi connectivity index (χ2n) is 7.33. The van der Waals surface area contributed by atoms with Crippen molar-refractivity contribution >= 4 is 10.1 Å². The average Bonchev–Trinajstić information content (AvgIpc) is 2.54. The van der Waals surface area contributed by atoms with Crippen molar-refractivity contribution in [2.75, 3.05) is 6.54 Å². The van der Waals surface area contributed by atoms with Gasteiger partial charge in [0.05, 0.1) is 0 Å². The third-order valence-electron chi connectivity index (χ3n) is 6.11. The molecule has 0 spiro atoms. The van der Waals surface area contributed by atoms with E-state index >= 15 is 0 Å². The summed E-state index contributed by atoms with van der Waals surface area (Å²) in [5.41, 5.74) is -3.41. The number of rotatable bonds is 2. The number of piperidine rings is 1. The highest BCUT2D eigenvalue weighted by atomic mass is 32.2. The summed E-state index contributed by atoms with van der Waals surface area (Å²) in [5, 5.41) is 3.58. The topological polar surface area (TPSA) is 55.4 Å². The van der Waals surface area contributed by atoms with Crippen molar-refractivity contribution < 1.29 is 25.8 Å². The maximum Gasteiger partial charge on any atom is 0.534 e. The van der Waals surface area contributed by atoms with Gasteiger partial charge in [0.1, 0.15) is 5.75 Å². The maximum atomic E-state index is 12.6. The highest BCUT2D eigenvalue weighted by Gasteiger charge is 2.52. The van der Waals surface area contributed by atoms with Gasteiger partial charge >= 0.3 is 15.6 Å². The van der Waals surface area contributed by atoms with Crippen molar-refractivity contribution in [3.05, 3.63) is 29.3 Å². The second-order valence-corrected chi connectivity index (χ2v) is 8.86. The molecule has 25 heavy (non-hydrogen) atoms. The lowest BCUT2D eigenvalue weighted by Gasteiger charge is -2.56. The van der Waals surface area contributed by atoms with Crippen LogP contribution < -0.4 is 9.50 Å². The summed E-state index contributed by atoms with van der Waals surface area (Å²) in [7, 11) is -5.64. The molecule has 1 aromatic carbocycles. The summed E-state index contributed by atoms with van der Waals surface area (Å²) < 4.78 is 64.9. The molecule has 0 unspecified atom stereocenters. The molecule has 3 aliphatic rings. The minimum Gasteiger partial charge on any atom is -0.376 e. The molecule has 1 saturated heterocycles. The molecule has 2 bridgehead atoms. The van der Waals surface area contributed by atoms with Crippen LogP contribution in [0.3, 0.4) is 0 Å². The number of hydrogen-bond acceptors (Lipinski definition) is 4. The van der Waals surface area contributed by atoms with Crippen molar-refractivity contribution in [1.29, 1.82) is 0 Å². The van der Waals surface area contributed by atoms with Gasteiger partial charge in [-0.05, 0) is 61.4 Å². The zero-order valence-corrected chi connectivity index (χ0v) is 14.4. The third-order valence-corrected chi connectivity index (χ3v) is 7.09. The van der Waals surface area contributed by atoms with Gasteiger partial charge in [-0.2, -0.15) is 21.6 Å². The van der Waals surface area contributed by atoms with Crippen molar-refractivity contribution in [3.8, 4) is 5.75 Å². The fraction of sp³-hybridized carbons (Fsp3) is 0.647. The van der Waals surface area contributed by atoms with Gasteiger partial charge in [-0.25, -0.2) is 0 Å². The Balaban J connectivity index is 1.75. The van der Waals surface area contributed by atoms with Crippen molar-refractivity contribution in [2.45, 2.75) is 55.5 Å². The first-order valence-electron chi connectivity index (χ1n) is 8.60. The van der Waals surface area contributed by atoms with Gasteiger partial charge in [0.15, 0.2) is 0 Å².